The normalized spacial score (nSPS) is 17.6. The Balaban J connectivity index is 1.57. The van der Waals surface area contributed by atoms with Gasteiger partial charge >= 0.3 is 0 Å². The van der Waals surface area contributed by atoms with Gasteiger partial charge in [0.1, 0.15) is 4.83 Å². The van der Waals surface area contributed by atoms with E-state index in [-0.39, 0.29) is 11.9 Å². The van der Waals surface area contributed by atoms with Crippen molar-refractivity contribution in [2.75, 3.05) is 6.54 Å². The number of fused-ring (bicyclic) bond motifs is 2. The molecule has 30 heavy (non-hydrogen) atoms. The Bertz CT molecular complexity index is 1090. The van der Waals surface area contributed by atoms with Crippen LogP contribution in [-0.2, 0) is 12.8 Å². The van der Waals surface area contributed by atoms with E-state index in [4.69, 9.17) is 10.7 Å². The standard InChI is InChI=1S/C24H28BrN3OS/c1-24(2,3)17-7-8-19-15(10-17)9-16-12-21(30-23(16)28-19)22(29)27-20(13-26)14-5-4-6-18(25)11-14/h4-6,9,11-12,17,20H,7-8,10,13,26H2,1-3H3,(H,27,29)/t17?,20-/m1/s1. The van der Waals surface area contributed by atoms with Crippen LogP contribution >= 0.6 is 27.3 Å². The van der Waals surface area contributed by atoms with Gasteiger partial charge in [-0.3, -0.25) is 4.79 Å². The second kappa shape index (κ2) is 8.40. The summed E-state index contributed by atoms with van der Waals surface area (Å²) in [6.07, 6.45) is 3.26. The zero-order valence-electron chi connectivity index (χ0n) is 17.7. The number of carbonyl (C=O) groups is 1. The topological polar surface area (TPSA) is 68.0 Å². The summed E-state index contributed by atoms with van der Waals surface area (Å²) in [6.45, 7) is 7.30. The summed E-state index contributed by atoms with van der Waals surface area (Å²) in [5.41, 5.74) is 9.78. The number of thiophene rings is 1. The molecule has 2 heterocycles. The van der Waals surface area contributed by atoms with Crippen LogP contribution in [0.1, 0.15) is 59.7 Å². The number of carbonyl (C=O) groups excluding carboxylic acids is 1. The summed E-state index contributed by atoms with van der Waals surface area (Å²) in [7, 11) is 0. The first-order valence-electron chi connectivity index (χ1n) is 10.4. The second-order valence-electron chi connectivity index (χ2n) is 9.22. The summed E-state index contributed by atoms with van der Waals surface area (Å²) >= 11 is 4.94. The molecule has 1 aliphatic rings. The van der Waals surface area contributed by atoms with Crippen molar-refractivity contribution in [1.29, 1.82) is 0 Å². The van der Waals surface area contributed by atoms with Gasteiger partial charge in [-0.25, -0.2) is 4.98 Å². The van der Waals surface area contributed by atoms with Crippen molar-refractivity contribution >= 4 is 43.4 Å². The molecule has 3 N–H and O–H groups in total. The molecule has 0 spiro atoms. The Morgan fingerprint density at radius 1 is 1.33 bits per heavy atom. The van der Waals surface area contributed by atoms with E-state index < -0.39 is 0 Å². The SMILES string of the molecule is CC(C)(C)C1CCc2nc3sc(C(=O)N[C@H](CN)c4cccc(Br)c4)cc3cc2C1. The highest BCUT2D eigenvalue weighted by molar-refractivity contribution is 9.10. The number of benzene rings is 1. The van der Waals surface area contributed by atoms with E-state index in [0.717, 1.165) is 33.1 Å². The van der Waals surface area contributed by atoms with Gasteiger partial charge in [-0.15, -0.1) is 11.3 Å². The molecule has 0 saturated carbocycles. The van der Waals surface area contributed by atoms with Gasteiger partial charge in [0.15, 0.2) is 0 Å². The molecule has 6 heteroatoms. The van der Waals surface area contributed by atoms with Crippen LogP contribution in [-0.4, -0.2) is 17.4 Å². The zero-order chi connectivity index (χ0) is 21.5. The highest BCUT2D eigenvalue weighted by Crippen LogP contribution is 2.38. The highest BCUT2D eigenvalue weighted by Gasteiger charge is 2.29. The number of rotatable bonds is 4. The minimum absolute atomic E-state index is 0.0982. The van der Waals surface area contributed by atoms with E-state index in [1.807, 2.05) is 30.3 Å². The van der Waals surface area contributed by atoms with Gasteiger partial charge in [0.25, 0.3) is 5.91 Å². The number of pyridine rings is 1. The quantitative estimate of drug-likeness (QED) is 0.502. The summed E-state index contributed by atoms with van der Waals surface area (Å²) in [5, 5.41) is 4.14. The van der Waals surface area contributed by atoms with Gasteiger partial charge in [0.2, 0.25) is 0 Å². The molecule has 158 valence electrons. The average molecular weight is 486 g/mol. The summed E-state index contributed by atoms with van der Waals surface area (Å²) in [5.74, 6) is 0.570. The third-order valence-corrected chi connectivity index (χ3v) is 7.65. The van der Waals surface area contributed by atoms with Crippen molar-refractivity contribution in [1.82, 2.24) is 10.3 Å². The van der Waals surface area contributed by atoms with Crippen molar-refractivity contribution in [3.63, 3.8) is 0 Å². The number of aromatic nitrogens is 1. The molecule has 1 aliphatic carbocycles. The Morgan fingerprint density at radius 2 is 2.13 bits per heavy atom. The van der Waals surface area contributed by atoms with Gasteiger partial charge in [-0.05, 0) is 66.0 Å². The Kier molecular flexibility index (Phi) is 6.02. The number of nitrogens with two attached hydrogens (primary N) is 1. The molecule has 0 radical (unpaired) electrons. The molecule has 0 saturated heterocycles. The van der Waals surface area contributed by atoms with Gasteiger partial charge in [0.05, 0.1) is 10.9 Å². The van der Waals surface area contributed by atoms with Crippen LogP contribution in [0.4, 0.5) is 0 Å². The van der Waals surface area contributed by atoms with Gasteiger partial charge in [-0.2, -0.15) is 0 Å². The number of aryl methyl sites for hydroxylation is 1. The number of nitrogens with zero attached hydrogens (tertiary/aromatic N) is 1. The molecule has 2 atom stereocenters. The van der Waals surface area contributed by atoms with Crippen molar-refractivity contribution in [3.05, 3.63) is 62.6 Å². The van der Waals surface area contributed by atoms with Gasteiger partial charge < -0.3 is 11.1 Å². The maximum absolute atomic E-state index is 13.0. The number of amides is 1. The lowest BCUT2D eigenvalue weighted by molar-refractivity contribution is 0.0942. The fourth-order valence-electron chi connectivity index (χ4n) is 4.21. The van der Waals surface area contributed by atoms with E-state index in [0.29, 0.717) is 22.8 Å². The van der Waals surface area contributed by atoms with Crippen LogP contribution in [0, 0.1) is 11.3 Å². The summed E-state index contributed by atoms with van der Waals surface area (Å²) in [6, 6.07) is 11.9. The minimum Gasteiger partial charge on any atom is -0.343 e. The first-order chi connectivity index (χ1) is 14.2. The van der Waals surface area contributed by atoms with E-state index in [1.54, 1.807) is 0 Å². The number of hydrogen-bond donors (Lipinski definition) is 2. The van der Waals surface area contributed by atoms with Crippen LogP contribution in [0.5, 0.6) is 0 Å². The molecule has 4 rings (SSSR count). The van der Waals surface area contributed by atoms with Crippen molar-refractivity contribution < 1.29 is 4.79 Å². The lowest BCUT2D eigenvalue weighted by atomic mass is 9.71. The van der Waals surface area contributed by atoms with Gasteiger partial charge in [0, 0.05) is 22.1 Å². The lowest BCUT2D eigenvalue weighted by Crippen LogP contribution is -2.32. The second-order valence-corrected chi connectivity index (χ2v) is 11.2. The van der Waals surface area contributed by atoms with Crippen LogP contribution in [0.25, 0.3) is 10.2 Å². The Morgan fingerprint density at radius 3 is 2.83 bits per heavy atom. The van der Waals surface area contributed by atoms with E-state index in [2.05, 4.69) is 48.1 Å². The monoisotopic (exact) mass is 485 g/mol. The van der Waals surface area contributed by atoms with E-state index >= 15 is 0 Å². The minimum atomic E-state index is -0.228. The number of hydrogen-bond acceptors (Lipinski definition) is 4. The smallest absolute Gasteiger partial charge is 0.261 e. The predicted molar refractivity (Wildman–Crippen MR) is 128 cm³/mol. The first kappa shape index (κ1) is 21.5. The van der Waals surface area contributed by atoms with Gasteiger partial charge in [-0.1, -0.05) is 48.8 Å². The molecule has 1 aromatic carbocycles. The fraction of sp³-hybridized carbons (Fsp3) is 0.417. The number of halogens is 1. The molecule has 0 aliphatic heterocycles. The van der Waals surface area contributed by atoms with E-state index in [9.17, 15) is 4.79 Å². The van der Waals surface area contributed by atoms with Crippen LogP contribution < -0.4 is 11.1 Å². The largest absolute Gasteiger partial charge is 0.343 e. The average Bonchev–Trinajstić information content (AvgIpc) is 3.12. The maximum atomic E-state index is 13.0. The van der Waals surface area contributed by atoms with Crippen LogP contribution in [0.15, 0.2) is 40.9 Å². The molecular formula is C24H28BrN3OS. The first-order valence-corrected chi connectivity index (χ1v) is 12.0. The molecular weight excluding hydrogens is 458 g/mol. The summed E-state index contributed by atoms with van der Waals surface area (Å²) < 4.78 is 0.970. The van der Waals surface area contributed by atoms with Crippen LogP contribution in [0.3, 0.4) is 0 Å². The third kappa shape index (κ3) is 4.46. The van der Waals surface area contributed by atoms with E-state index in [1.165, 1.54) is 29.0 Å². The summed E-state index contributed by atoms with van der Waals surface area (Å²) in [4.78, 5) is 19.5. The van der Waals surface area contributed by atoms with Crippen LogP contribution in [0.2, 0.25) is 0 Å². The Hall–Kier alpha value is -1.76. The fourth-order valence-corrected chi connectivity index (χ4v) is 5.56. The zero-order valence-corrected chi connectivity index (χ0v) is 20.1. The van der Waals surface area contributed by atoms with Crippen molar-refractivity contribution in [3.8, 4) is 0 Å². The predicted octanol–water partition coefficient (Wildman–Crippen LogP) is 5.64. The molecule has 0 fully saturated rings. The Labute approximate surface area is 190 Å². The third-order valence-electron chi connectivity index (χ3n) is 6.11. The molecule has 0 bridgehead atoms. The maximum Gasteiger partial charge on any atom is 0.261 e. The molecule has 4 nitrogen and oxygen atoms in total. The molecule has 1 unspecified atom stereocenters. The highest BCUT2D eigenvalue weighted by atomic mass is 79.9. The molecule has 2 aromatic heterocycles. The molecule has 3 aromatic rings. The lowest BCUT2D eigenvalue weighted by Gasteiger charge is -2.34. The van der Waals surface area contributed by atoms with Crippen molar-refractivity contribution in [2.24, 2.45) is 17.1 Å². The number of nitrogens with one attached hydrogen (secondary N) is 1. The van der Waals surface area contributed by atoms with Crippen molar-refractivity contribution in [2.45, 2.75) is 46.1 Å². The molecule has 1 amide bonds.